The van der Waals surface area contributed by atoms with E-state index in [0.717, 1.165) is 11.3 Å². The number of hydrogen-bond acceptors (Lipinski definition) is 6. The molecule has 0 aliphatic heterocycles. The molecule has 0 aliphatic rings. The number of rotatable bonds is 2. The van der Waals surface area contributed by atoms with Gasteiger partial charge in [0.05, 0.1) is 15.4 Å². The van der Waals surface area contributed by atoms with Crippen molar-refractivity contribution in [3.05, 3.63) is 34.4 Å². The molecule has 0 fully saturated rings. The average molecular weight is 236 g/mol. The molecule has 6 nitrogen and oxygen atoms in total. The summed E-state index contributed by atoms with van der Waals surface area (Å²) in [6.07, 6.45) is 0. The molecule has 82 valence electrons. The average Bonchev–Trinajstić information content (AvgIpc) is 2.57. The highest BCUT2D eigenvalue weighted by Gasteiger charge is 2.18. The third-order valence-corrected chi connectivity index (χ3v) is 2.95. The van der Waals surface area contributed by atoms with E-state index >= 15 is 0 Å². The van der Waals surface area contributed by atoms with Crippen molar-refractivity contribution >= 4 is 28.0 Å². The molecule has 0 saturated heterocycles. The first-order valence-corrected chi connectivity index (χ1v) is 5.17. The van der Waals surface area contributed by atoms with Crippen LogP contribution in [0.1, 0.15) is 0 Å². The second kappa shape index (κ2) is 3.78. The van der Waals surface area contributed by atoms with E-state index in [2.05, 4.69) is 4.98 Å². The molecule has 7 heteroatoms. The Hall–Kier alpha value is -2.15. The molecule has 2 aromatic rings. The number of aromatic nitrogens is 1. The summed E-state index contributed by atoms with van der Waals surface area (Å²) in [6, 6.07) is 6.35. The molecule has 2 rings (SSSR count). The number of anilines is 2. The number of nitrogens with zero attached hydrogens (tertiary/aromatic N) is 2. The van der Waals surface area contributed by atoms with Crippen LogP contribution >= 0.6 is 11.3 Å². The topological polar surface area (TPSA) is 108 Å². The highest BCUT2D eigenvalue weighted by atomic mass is 32.1. The standard InChI is InChI=1S/C9H8N4O2S/c10-8-7(16-9(11)12-8)5-3-1-2-4-6(5)13(14)15/h1-4H,10H2,(H2,11,12). The van der Waals surface area contributed by atoms with Crippen molar-refractivity contribution in [3.8, 4) is 10.4 Å². The molecule has 16 heavy (non-hydrogen) atoms. The van der Waals surface area contributed by atoms with Crippen LogP contribution in [0.3, 0.4) is 0 Å². The summed E-state index contributed by atoms with van der Waals surface area (Å²) >= 11 is 1.14. The molecule has 0 spiro atoms. The van der Waals surface area contributed by atoms with Crippen LogP contribution in [-0.2, 0) is 0 Å². The lowest BCUT2D eigenvalue weighted by Crippen LogP contribution is -1.93. The first-order valence-electron chi connectivity index (χ1n) is 4.35. The summed E-state index contributed by atoms with van der Waals surface area (Å²) in [5, 5.41) is 11.1. The van der Waals surface area contributed by atoms with E-state index in [1.165, 1.54) is 6.07 Å². The van der Waals surface area contributed by atoms with Crippen LogP contribution in [0.2, 0.25) is 0 Å². The number of hydrogen-bond donors (Lipinski definition) is 2. The fraction of sp³-hybridized carbons (Fsp3) is 0. The SMILES string of the molecule is Nc1nc(N)c(-c2ccccc2[N+](=O)[O-])s1. The Morgan fingerprint density at radius 3 is 2.56 bits per heavy atom. The van der Waals surface area contributed by atoms with Crippen molar-refractivity contribution in [2.75, 3.05) is 11.5 Å². The van der Waals surface area contributed by atoms with Gasteiger partial charge in [0.25, 0.3) is 5.69 Å². The van der Waals surface area contributed by atoms with E-state index in [1.54, 1.807) is 18.2 Å². The van der Waals surface area contributed by atoms with Crippen LogP contribution in [0.15, 0.2) is 24.3 Å². The van der Waals surface area contributed by atoms with Crippen LogP contribution in [0.25, 0.3) is 10.4 Å². The number of thiazole rings is 1. The maximum atomic E-state index is 10.8. The van der Waals surface area contributed by atoms with E-state index < -0.39 is 4.92 Å². The smallest absolute Gasteiger partial charge is 0.278 e. The third-order valence-electron chi connectivity index (χ3n) is 2.02. The summed E-state index contributed by atoms with van der Waals surface area (Å²) in [5.41, 5.74) is 11.6. The number of para-hydroxylation sites is 1. The van der Waals surface area contributed by atoms with E-state index in [4.69, 9.17) is 11.5 Å². The van der Waals surface area contributed by atoms with Gasteiger partial charge in [0, 0.05) is 6.07 Å². The first-order chi connectivity index (χ1) is 7.59. The van der Waals surface area contributed by atoms with Crippen LogP contribution in [0, 0.1) is 10.1 Å². The van der Waals surface area contributed by atoms with Crippen molar-refractivity contribution < 1.29 is 4.92 Å². The van der Waals surface area contributed by atoms with Gasteiger partial charge in [-0.3, -0.25) is 10.1 Å². The lowest BCUT2D eigenvalue weighted by molar-refractivity contribution is -0.384. The van der Waals surface area contributed by atoms with E-state index in [1.807, 2.05) is 0 Å². The van der Waals surface area contributed by atoms with Gasteiger partial charge in [-0.25, -0.2) is 4.98 Å². The fourth-order valence-corrected chi connectivity index (χ4v) is 2.15. The van der Waals surface area contributed by atoms with Gasteiger partial charge >= 0.3 is 0 Å². The Kier molecular flexibility index (Phi) is 2.45. The van der Waals surface area contributed by atoms with Crippen LogP contribution in [-0.4, -0.2) is 9.91 Å². The Labute approximate surface area is 94.7 Å². The monoisotopic (exact) mass is 236 g/mol. The third kappa shape index (κ3) is 1.68. The van der Waals surface area contributed by atoms with E-state index in [0.29, 0.717) is 15.6 Å². The van der Waals surface area contributed by atoms with Crippen LogP contribution < -0.4 is 11.5 Å². The van der Waals surface area contributed by atoms with E-state index in [-0.39, 0.29) is 11.5 Å². The quantitative estimate of drug-likeness (QED) is 0.611. The predicted molar refractivity (Wildman–Crippen MR) is 63.0 cm³/mol. The minimum absolute atomic E-state index is 0.00199. The van der Waals surface area contributed by atoms with Crippen LogP contribution in [0.4, 0.5) is 16.6 Å². The Morgan fingerprint density at radius 2 is 2.00 bits per heavy atom. The second-order valence-electron chi connectivity index (χ2n) is 3.04. The fourth-order valence-electron chi connectivity index (χ4n) is 1.37. The summed E-state index contributed by atoms with van der Waals surface area (Å²) in [7, 11) is 0. The molecule has 0 atom stereocenters. The zero-order chi connectivity index (χ0) is 11.7. The molecular weight excluding hydrogens is 228 g/mol. The zero-order valence-corrected chi connectivity index (χ0v) is 8.90. The highest BCUT2D eigenvalue weighted by Crippen LogP contribution is 2.38. The van der Waals surface area contributed by atoms with Gasteiger partial charge < -0.3 is 11.5 Å². The molecule has 0 radical (unpaired) electrons. The molecule has 1 heterocycles. The number of benzene rings is 1. The molecule has 4 N–H and O–H groups in total. The van der Waals surface area contributed by atoms with Gasteiger partial charge in [-0.2, -0.15) is 0 Å². The Bertz CT molecular complexity index is 552. The van der Waals surface area contributed by atoms with E-state index in [9.17, 15) is 10.1 Å². The lowest BCUT2D eigenvalue weighted by atomic mass is 10.1. The predicted octanol–water partition coefficient (Wildman–Crippen LogP) is 1.88. The van der Waals surface area contributed by atoms with Gasteiger partial charge in [0.15, 0.2) is 5.13 Å². The lowest BCUT2D eigenvalue weighted by Gasteiger charge is -1.99. The number of nitrogens with two attached hydrogens (primary N) is 2. The molecule has 0 amide bonds. The van der Waals surface area contributed by atoms with Crippen molar-refractivity contribution in [1.29, 1.82) is 0 Å². The van der Waals surface area contributed by atoms with Gasteiger partial charge in [-0.05, 0) is 6.07 Å². The van der Waals surface area contributed by atoms with Gasteiger partial charge in [-0.15, -0.1) is 0 Å². The molecule has 0 bridgehead atoms. The minimum Gasteiger partial charge on any atom is -0.382 e. The normalized spacial score (nSPS) is 10.2. The zero-order valence-electron chi connectivity index (χ0n) is 8.08. The summed E-state index contributed by atoms with van der Waals surface area (Å²) in [5.74, 6) is 0.219. The van der Waals surface area contributed by atoms with Gasteiger partial charge in [-0.1, -0.05) is 23.5 Å². The summed E-state index contributed by atoms with van der Waals surface area (Å²) < 4.78 is 0. The summed E-state index contributed by atoms with van der Waals surface area (Å²) in [6.45, 7) is 0. The molecule has 1 aromatic carbocycles. The number of nitro groups is 1. The number of nitro benzene ring substituents is 1. The molecular formula is C9H8N4O2S. The van der Waals surface area contributed by atoms with Crippen molar-refractivity contribution in [3.63, 3.8) is 0 Å². The van der Waals surface area contributed by atoms with Crippen molar-refractivity contribution in [2.45, 2.75) is 0 Å². The maximum Gasteiger partial charge on any atom is 0.278 e. The highest BCUT2D eigenvalue weighted by molar-refractivity contribution is 7.19. The molecule has 1 aromatic heterocycles. The van der Waals surface area contributed by atoms with Gasteiger partial charge in [0.1, 0.15) is 5.82 Å². The van der Waals surface area contributed by atoms with Crippen molar-refractivity contribution in [2.24, 2.45) is 0 Å². The van der Waals surface area contributed by atoms with Crippen molar-refractivity contribution in [1.82, 2.24) is 4.98 Å². The molecule has 0 aliphatic carbocycles. The van der Waals surface area contributed by atoms with Crippen LogP contribution in [0.5, 0.6) is 0 Å². The summed E-state index contributed by atoms with van der Waals surface area (Å²) in [4.78, 5) is 14.7. The Balaban J connectivity index is 2.64. The molecule has 0 unspecified atom stereocenters. The first kappa shape index (κ1) is 10.4. The van der Waals surface area contributed by atoms with Gasteiger partial charge in [0.2, 0.25) is 0 Å². The number of nitrogen functional groups attached to an aromatic ring is 2. The minimum atomic E-state index is -0.454. The Morgan fingerprint density at radius 1 is 1.31 bits per heavy atom. The molecule has 0 saturated carbocycles. The maximum absolute atomic E-state index is 10.8. The second-order valence-corrected chi connectivity index (χ2v) is 4.07. The largest absolute Gasteiger partial charge is 0.382 e.